The van der Waals surface area contributed by atoms with Crippen LogP contribution in [0.3, 0.4) is 0 Å². The van der Waals surface area contributed by atoms with Crippen LogP contribution in [-0.4, -0.2) is 16.6 Å². The summed E-state index contributed by atoms with van der Waals surface area (Å²) in [5.41, 5.74) is 7.89. The van der Waals surface area contributed by atoms with E-state index in [-0.39, 0.29) is 10.8 Å². The Morgan fingerprint density at radius 1 is 0.946 bits per heavy atom. The summed E-state index contributed by atoms with van der Waals surface area (Å²) in [6.45, 7) is 4.79. The Morgan fingerprint density at radius 3 is 2.49 bits per heavy atom. The van der Waals surface area contributed by atoms with E-state index in [9.17, 15) is 9.59 Å². The van der Waals surface area contributed by atoms with E-state index in [1.165, 1.54) is 22.3 Å². The van der Waals surface area contributed by atoms with E-state index in [1.807, 2.05) is 24.5 Å². The van der Waals surface area contributed by atoms with Crippen LogP contribution in [0, 0.1) is 28.6 Å². The zero-order valence-electron chi connectivity index (χ0n) is 22.1. The van der Waals surface area contributed by atoms with Gasteiger partial charge in [-0.25, -0.2) is 0 Å². The first-order valence-electron chi connectivity index (χ1n) is 14.4. The molecule has 0 saturated heterocycles. The molecule has 0 radical (unpaired) electrons. The van der Waals surface area contributed by atoms with Gasteiger partial charge in [0.25, 0.3) is 0 Å². The highest BCUT2D eigenvalue weighted by molar-refractivity contribution is 5.93. The Bertz CT molecular complexity index is 1330. The van der Waals surface area contributed by atoms with E-state index in [1.54, 1.807) is 5.57 Å². The molecule has 2 aromatic rings. The number of fused-ring (bicyclic) bond motifs is 4. The summed E-state index contributed by atoms with van der Waals surface area (Å²) < 4.78 is 0. The number of allylic oxidation sites excluding steroid dienone is 4. The third-order valence-electron chi connectivity index (χ3n) is 11.1. The van der Waals surface area contributed by atoms with Crippen molar-refractivity contribution in [2.24, 2.45) is 28.6 Å². The quantitative estimate of drug-likeness (QED) is 0.442. The minimum Gasteiger partial charge on any atom is -0.299 e. The summed E-state index contributed by atoms with van der Waals surface area (Å²) >= 11 is 0. The highest BCUT2D eigenvalue weighted by Gasteiger charge is 2.65. The van der Waals surface area contributed by atoms with Gasteiger partial charge in [-0.1, -0.05) is 49.8 Å². The molecule has 0 bridgehead atoms. The molecule has 1 aromatic heterocycles. The van der Waals surface area contributed by atoms with Crippen molar-refractivity contribution in [1.29, 1.82) is 0 Å². The lowest BCUT2D eigenvalue weighted by Crippen LogP contribution is -2.50. The van der Waals surface area contributed by atoms with Crippen molar-refractivity contribution < 1.29 is 9.59 Å². The van der Waals surface area contributed by atoms with Crippen molar-refractivity contribution >= 4 is 11.6 Å². The maximum absolute atomic E-state index is 13.8. The zero-order valence-corrected chi connectivity index (χ0v) is 22.1. The van der Waals surface area contributed by atoms with Crippen LogP contribution in [0.1, 0.15) is 83.1 Å². The van der Waals surface area contributed by atoms with E-state index in [2.05, 4.69) is 49.2 Å². The van der Waals surface area contributed by atoms with Crippen LogP contribution in [0.2, 0.25) is 0 Å². The number of ketones is 2. The van der Waals surface area contributed by atoms with E-state index >= 15 is 0 Å². The Labute approximate surface area is 220 Å². The monoisotopic (exact) mass is 491 g/mol. The minimum atomic E-state index is -0.221. The first-order valence-corrected chi connectivity index (χ1v) is 14.4. The number of hydrogen-bond donors (Lipinski definition) is 0. The fourth-order valence-electron chi connectivity index (χ4n) is 8.84. The van der Waals surface area contributed by atoms with E-state index in [4.69, 9.17) is 0 Å². The van der Waals surface area contributed by atoms with Gasteiger partial charge in [-0.05, 0) is 109 Å². The van der Waals surface area contributed by atoms with E-state index in [0.29, 0.717) is 41.7 Å². The number of nitrogens with zero attached hydrogens (tertiary/aromatic N) is 1. The topological polar surface area (TPSA) is 47.0 Å². The molecule has 190 valence electrons. The number of carbonyl (C=O) groups excluding carboxylic acids is 2. The standard InChI is InChI=1S/C34H37NO2/c1-33(32(37)23-9-10-23)16-15-30-28-13-11-24-18-26(36)12-14-27(24)31(28)29(19-34(30,33)2)22-7-5-21(6-8-22)25-4-3-17-35-20-25/h3-8,17-18,20,23,28-30H,9-16,19H2,1-2H3/t28-,29?,30-,33?,34-/m0/s1. The summed E-state index contributed by atoms with van der Waals surface area (Å²) in [6, 6.07) is 13.2. The summed E-state index contributed by atoms with van der Waals surface area (Å²) in [5.74, 6) is 2.55. The highest BCUT2D eigenvalue weighted by atomic mass is 16.1. The number of hydrogen-bond acceptors (Lipinski definition) is 3. The predicted molar refractivity (Wildman–Crippen MR) is 146 cm³/mol. The number of benzene rings is 1. The molecule has 37 heavy (non-hydrogen) atoms. The van der Waals surface area contributed by atoms with Gasteiger partial charge in [0, 0.05) is 36.1 Å². The number of carbonyl (C=O) groups is 2. The van der Waals surface area contributed by atoms with Gasteiger partial charge < -0.3 is 0 Å². The highest BCUT2D eigenvalue weighted by Crippen LogP contribution is 2.70. The normalized spacial score (nSPS) is 34.9. The van der Waals surface area contributed by atoms with Gasteiger partial charge >= 0.3 is 0 Å². The molecular weight excluding hydrogens is 454 g/mol. The third-order valence-corrected chi connectivity index (χ3v) is 11.1. The van der Waals surface area contributed by atoms with Crippen molar-refractivity contribution in [3.05, 3.63) is 77.2 Å². The number of Topliss-reactive ketones (excluding diaryl/α,β-unsaturated/α-hetero) is 1. The van der Waals surface area contributed by atoms with Crippen LogP contribution >= 0.6 is 0 Å². The Kier molecular flexibility index (Phi) is 5.26. The molecule has 5 atom stereocenters. The number of pyridine rings is 1. The molecule has 3 fully saturated rings. The molecular formula is C34H37NO2. The lowest BCUT2D eigenvalue weighted by molar-refractivity contribution is -0.138. The molecule has 7 rings (SSSR count). The molecule has 2 unspecified atom stereocenters. The molecule has 5 aliphatic rings. The smallest absolute Gasteiger partial charge is 0.156 e. The van der Waals surface area contributed by atoms with Crippen LogP contribution in [0.15, 0.2) is 71.6 Å². The van der Waals surface area contributed by atoms with Gasteiger partial charge in [0.1, 0.15) is 5.78 Å². The molecule has 3 saturated carbocycles. The first kappa shape index (κ1) is 23.3. The molecule has 3 nitrogen and oxygen atoms in total. The fourth-order valence-corrected chi connectivity index (χ4v) is 8.84. The van der Waals surface area contributed by atoms with Crippen LogP contribution < -0.4 is 0 Å². The van der Waals surface area contributed by atoms with Gasteiger partial charge in [0.05, 0.1) is 0 Å². The van der Waals surface area contributed by atoms with Gasteiger partial charge in [0.15, 0.2) is 5.78 Å². The van der Waals surface area contributed by atoms with Gasteiger partial charge in [0.2, 0.25) is 0 Å². The van der Waals surface area contributed by atoms with E-state index in [0.717, 1.165) is 56.9 Å². The summed E-state index contributed by atoms with van der Waals surface area (Å²) in [7, 11) is 0. The van der Waals surface area contributed by atoms with Crippen molar-refractivity contribution in [2.75, 3.05) is 0 Å². The lowest BCUT2D eigenvalue weighted by atomic mass is 9.48. The van der Waals surface area contributed by atoms with Gasteiger partial charge in [-0.3, -0.25) is 14.6 Å². The second-order valence-electron chi connectivity index (χ2n) is 12.9. The average molecular weight is 492 g/mol. The second-order valence-corrected chi connectivity index (χ2v) is 12.9. The van der Waals surface area contributed by atoms with Crippen LogP contribution in [0.25, 0.3) is 11.1 Å². The van der Waals surface area contributed by atoms with Crippen LogP contribution in [0.4, 0.5) is 0 Å². The predicted octanol–water partition coefficient (Wildman–Crippen LogP) is 7.63. The molecule has 5 aliphatic carbocycles. The summed E-state index contributed by atoms with van der Waals surface area (Å²) in [6.07, 6.45) is 14.8. The second kappa shape index (κ2) is 8.35. The van der Waals surface area contributed by atoms with Crippen molar-refractivity contribution in [3.63, 3.8) is 0 Å². The van der Waals surface area contributed by atoms with Crippen molar-refractivity contribution in [2.45, 2.75) is 77.6 Å². The maximum atomic E-state index is 13.8. The lowest BCUT2D eigenvalue weighted by Gasteiger charge is -2.55. The minimum absolute atomic E-state index is 0.0137. The van der Waals surface area contributed by atoms with Crippen molar-refractivity contribution in [1.82, 2.24) is 4.98 Å². The van der Waals surface area contributed by atoms with Gasteiger partial charge in [-0.15, -0.1) is 0 Å². The average Bonchev–Trinajstić information content (AvgIpc) is 3.73. The first-order chi connectivity index (χ1) is 17.9. The molecule has 1 heterocycles. The maximum Gasteiger partial charge on any atom is 0.156 e. The Balaban J connectivity index is 1.35. The third kappa shape index (κ3) is 3.49. The van der Waals surface area contributed by atoms with E-state index < -0.39 is 0 Å². The zero-order chi connectivity index (χ0) is 25.4. The van der Waals surface area contributed by atoms with Gasteiger partial charge in [-0.2, -0.15) is 0 Å². The van der Waals surface area contributed by atoms with Crippen molar-refractivity contribution in [3.8, 4) is 11.1 Å². The fraction of sp³-hybridized carbons (Fsp3) is 0.500. The Hall–Kier alpha value is -2.81. The molecule has 0 spiro atoms. The molecule has 0 N–H and O–H groups in total. The largest absolute Gasteiger partial charge is 0.299 e. The Morgan fingerprint density at radius 2 is 1.76 bits per heavy atom. The van der Waals surface area contributed by atoms with Crippen LogP contribution in [0.5, 0.6) is 0 Å². The SMILES string of the molecule is CC1(C(=O)C2CC2)CC[C@H]2[C@@H]3CCC4=CC(=O)CCC4=C3C(c3ccc(-c4cccnc4)cc3)C[C@@]21C. The number of rotatable bonds is 4. The number of aromatic nitrogens is 1. The summed E-state index contributed by atoms with van der Waals surface area (Å²) in [5, 5.41) is 0. The molecule has 0 amide bonds. The van der Waals surface area contributed by atoms with Crippen LogP contribution in [-0.2, 0) is 9.59 Å². The molecule has 0 aliphatic heterocycles. The molecule has 1 aromatic carbocycles. The summed E-state index contributed by atoms with van der Waals surface area (Å²) in [4.78, 5) is 30.4. The molecule has 3 heteroatoms.